The van der Waals surface area contributed by atoms with Gasteiger partial charge in [-0.05, 0) is 23.5 Å². The van der Waals surface area contributed by atoms with Crippen molar-refractivity contribution in [1.82, 2.24) is 4.98 Å². The molecule has 0 fully saturated rings. The molecule has 0 unspecified atom stereocenters. The van der Waals surface area contributed by atoms with Gasteiger partial charge in [-0.25, -0.2) is 4.57 Å². The van der Waals surface area contributed by atoms with Crippen LogP contribution in [0.2, 0.25) is 0 Å². The summed E-state index contributed by atoms with van der Waals surface area (Å²) in [6, 6.07) is 10.3. The molecule has 0 spiro atoms. The van der Waals surface area contributed by atoms with Crippen LogP contribution in [0.3, 0.4) is 0 Å². The van der Waals surface area contributed by atoms with Crippen molar-refractivity contribution in [2.24, 2.45) is 7.05 Å². The van der Waals surface area contributed by atoms with Crippen molar-refractivity contribution in [2.75, 3.05) is 0 Å². The highest BCUT2D eigenvalue weighted by Crippen LogP contribution is 2.26. The molecule has 84 valence electrons. The van der Waals surface area contributed by atoms with E-state index in [2.05, 4.69) is 30.1 Å². The highest BCUT2D eigenvalue weighted by atomic mass is 16.3. The lowest BCUT2D eigenvalue weighted by atomic mass is 10.0. The van der Waals surface area contributed by atoms with Crippen LogP contribution in [-0.4, -0.2) is 4.98 Å². The monoisotopic (exact) mass is 225 g/mol. The standard InChI is InChI=1S/C14H13N2O/c1-10-5-3-4-6-11(10)13-12-7-8-17-14(12)15-9-16(13)2/h3-9H,1-2H3/q+1. The Bertz CT molecular complexity index is 686. The van der Waals surface area contributed by atoms with E-state index < -0.39 is 0 Å². The molecular formula is C14H13N2O+. The maximum absolute atomic E-state index is 5.35. The summed E-state index contributed by atoms with van der Waals surface area (Å²) in [4.78, 5) is 4.25. The Labute approximate surface area is 99.3 Å². The van der Waals surface area contributed by atoms with Crippen LogP contribution in [0.15, 0.2) is 47.3 Å². The van der Waals surface area contributed by atoms with Gasteiger partial charge in [-0.3, -0.25) is 0 Å². The van der Waals surface area contributed by atoms with E-state index in [-0.39, 0.29) is 0 Å². The number of aryl methyl sites for hydroxylation is 2. The summed E-state index contributed by atoms with van der Waals surface area (Å²) in [5, 5.41) is 1.05. The van der Waals surface area contributed by atoms with Crippen molar-refractivity contribution in [1.29, 1.82) is 0 Å². The third-order valence-corrected chi connectivity index (χ3v) is 3.00. The fourth-order valence-electron chi connectivity index (χ4n) is 2.14. The second-order valence-electron chi connectivity index (χ2n) is 4.16. The molecule has 0 N–H and O–H groups in total. The lowest BCUT2D eigenvalue weighted by molar-refractivity contribution is -0.662. The molecule has 0 saturated heterocycles. The van der Waals surface area contributed by atoms with Gasteiger partial charge in [0.25, 0.3) is 6.33 Å². The van der Waals surface area contributed by atoms with E-state index in [1.165, 1.54) is 11.1 Å². The molecule has 3 nitrogen and oxygen atoms in total. The van der Waals surface area contributed by atoms with Crippen LogP contribution in [0, 0.1) is 6.92 Å². The molecule has 3 heteroatoms. The Balaban J connectivity index is 2.40. The van der Waals surface area contributed by atoms with E-state index in [4.69, 9.17) is 4.42 Å². The topological polar surface area (TPSA) is 29.9 Å². The Morgan fingerprint density at radius 3 is 2.82 bits per heavy atom. The zero-order chi connectivity index (χ0) is 11.8. The summed E-state index contributed by atoms with van der Waals surface area (Å²) in [6.07, 6.45) is 3.47. The van der Waals surface area contributed by atoms with E-state index in [0.717, 1.165) is 11.1 Å². The van der Waals surface area contributed by atoms with Crippen LogP contribution in [0.25, 0.3) is 22.4 Å². The van der Waals surface area contributed by atoms with Gasteiger partial charge in [-0.15, -0.1) is 0 Å². The molecule has 17 heavy (non-hydrogen) atoms. The normalized spacial score (nSPS) is 10.9. The van der Waals surface area contributed by atoms with Gasteiger partial charge in [-0.1, -0.05) is 24.3 Å². The summed E-state index contributed by atoms with van der Waals surface area (Å²) in [7, 11) is 2.00. The smallest absolute Gasteiger partial charge is 0.344 e. The van der Waals surface area contributed by atoms with E-state index in [0.29, 0.717) is 5.71 Å². The summed E-state index contributed by atoms with van der Waals surface area (Å²) in [5.41, 5.74) is 4.28. The number of rotatable bonds is 1. The fourth-order valence-corrected chi connectivity index (χ4v) is 2.14. The molecular weight excluding hydrogens is 212 g/mol. The minimum atomic E-state index is 0.682. The van der Waals surface area contributed by atoms with Crippen molar-refractivity contribution >= 4 is 11.1 Å². The van der Waals surface area contributed by atoms with E-state index in [1.54, 1.807) is 12.6 Å². The largest absolute Gasteiger partial charge is 0.428 e. The van der Waals surface area contributed by atoms with Gasteiger partial charge < -0.3 is 4.42 Å². The first-order valence-corrected chi connectivity index (χ1v) is 5.55. The second-order valence-corrected chi connectivity index (χ2v) is 4.16. The number of nitrogens with zero attached hydrogens (tertiary/aromatic N) is 2. The van der Waals surface area contributed by atoms with Gasteiger partial charge in [0.15, 0.2) is 0 Å². The minimum absolute atomic E-state index is 0.682. The Morgan fingerprint density at radius 2 is 2.00 bits per heavy atom. The molecule has 0 saturated carbocycles. The van der Waals surface area contributed by atoms with E-state index >= 15 is 0 Å². The number of aromatic nitrogens is 2. The van der Waals surface area contributed by atoms with Crippen molar-refractivity contribution in [3.63, 3.8) is 0 Å². The van der Waals surface area contributed by atoms with Gasteiger partial charge in [0.05, 0.1) is 13.3 Å². The average molecular weight is 225 g/mol. The van der Waals surface area contributed by atoms with Crippen LogP contribution in [0.4, 0.5) is 0 Å². The highest BCUT2D eigenvalue weighted by molar-refractivity contribution is 5.88. The Hall–Kier alpha value is -2.16. The average Bonchev–Trinajstić information content (AvgIpc) is 2.79. The van der Waals surface area contributed by atoms with E-state index in [1.807, 2.05) is 23.7 Å². The molecule has 3 rings (SSSR count). The van der Waals surface area contributed by atoms with Crippen molar-refractivity contribution in [3.8, 4) is 11.3 Å². The molecule has 0 aliphatic rings. The number of benzene rings is 1. The highest BCUT2D eigenvalue weighted by Gasteiger charge is 2.17. The van der Waals surface area contributed by atoms with Crippen molar-refractivity contribution in [3.05, 3.63) is 48.5 Å². The van der Waals surface area contributed by atoms with Crippen LogP contribution in [0.1, 0.15) is 5.56 Å². The predicted octanol–water partition coefficient (Wildman–Crippen LogP) is 2.63. The molecule has 0 amide bonds. The number of fused-ring (bicyclic) bond motifs is 1. The molecule has 0 atom stereocenters. The molecule has 2 heterocycles. The zero-order valence-electron chi connectivity index (χ0n) is 9.84. The van der Waals surface area contributed by atoms with Crippen LogP contribution >= 0.6 is 0 Å². The van der Waals surface area contributed by atoms with Crippen LogP contribution < -0.4 is 4.57 Å². The van der Waals surface area contributed by atoms with E-state index in [9.17, 15) is 0 Å². The lowest BCUT2D eigenvalue weighted by Gasteiger charge is -2.05. The van der Waals surface area contributed by atoms with Gasteiger partial charge in [0.1, 0.15) is 11.1 Å². The first kappa shape index (κ1) is 10.0. The maximum atomic E-state index is 5.35. The van der Waals surface area contributed by atoms with Gasteiger partial charge in [-0.2, -0.15) is 0 Å². The van der Waals surface area contributed by atoms with Crippen LogP contribution in [0.5, 0.6) is 0 Å². The lowest BCUT2D eigenvalue weighted by Crippen LogP contribution is -2.31. The van der Waals surface area contributed by atoms with Gasteiger partial charge in [0, 0.05) is 5.56 Å². The third kappa shape index (κ3) is 1.51. The van der Waals surface area contributed by atoms with Crippen molar-refractivity contribution in [2.45, 2.75) is 6.92 Å². The summed E-state index contributed by atoms with van der Waals surface area (Å²) >= 11 is 0. The molecule has 0 radical (unpaired) electrons. The fraction of sp³-hybridized carbons (Fsp3) is 0.143. The molecule has 0 aliphatic heterocycles. The molecule has 3 aromatic rings. The number of hydrogen-bond donors (Lipinski definition) is 0. The molecule has 1 aromatic carbocycles. The predicted molar refractivity (Wildman–Crippen MR) is 65.4 cm³/mol. The molecule has 2 aromatic heterocycles. The van der Waals surface area contributed by atoms with Gasteiger partial charge in [0.2, 0.25) is 0 Å². The summed E-state index contributed by atoms with van der Waals surface area (Å²) < 4.78 is 7.38. The summed E-state index contributed by atoms with van der Waals surface area (Å²) in [5.74, 6) is 0. The first-order chi connectivity index (χ1) is 8.27. The number of furan rings is 1. The van der Waals surface area contributed by atoms with Gasteiger partial charge >= 0.3 is 5.71 Å². The zero-order valence-corrected chi connectivity index (χ0v) is 9.84. The second kappa shape index (κ2) is 3.70. The minimum Gasteiger partial charge on any atom is -0.428 e. The maximum Gasteiger partial charge on any atom is 0.344 e. The molecule has 0 bridgehead atoms. The number of hydrogen-bond acceptors (Lipinski definition) is 2. The molecule has 0 aliphatic carbocycles. The first-order valence-electron chi connectivity index (χ1n) is 5.55. The Kier molecular flexibility index (Phi) is 2.18. The third-order valence-electron chi connectivity index (χ3n) is 3.00. The van der Waals surface area contributed by atoms with Crippen molar-refractivity contribution < 1.29 is 8.98 Å². The SMILES string of the molecule is Cc1ccccc1-c1c2ccoc2nc[n+]1C. The quantitative estimate of drug-likeness (QED) is 0.596. The summed E-state index contributed by atoms with van der Waals surface area (Å²) in [6.45, 7) is 2.11. The van der Waals surface area contributed by atoms with Crippen LogP contribution in [-0.2, 0) is 7.05 Å². The Morgan fingerprint density at radius 1 is 1.18 bits per heavy atom.